The minimum absolute atomic E-state index is 0.566. The van der Waals surface area contributed by atoms with E-state index in [0.29, 0.717) is 11.1 Å². The Kier molecular flexibility index (Phi) is 6.22. The Balaban J connectivity index is 1.24. The van der Waals surface area contributed by atoms with Crippen LogP contribution in [0.1, 0.15) is 11.1 Å². The molecule has 4 nitrogen and oxygen atoms in total. The molecular formula is C44H26N4. The van der Waals surface area contributed by atoms with E-state index in [1.165, 1.54) is 21.8 Å². The number of hydrogen-bond donors (Lipinski definition) is 0. The van der Waals surface area contributed by atoms with Gasteiger partial charge in [0.1, 0.15) is 6.07 Å². The number of benzene rings is 7. The van der Waals surface area contributed by atoms with Gasteiger partial charge in [-0.05, 0) is 71.3 Å². The van der Waals surface area contributed by atoms with Crippen LogP contribution in [-0.2, 0) is 0 Å². The second kappa shape index (κ2) is 10.9. The summed E-state index contributed by atoms with van der Waals surface area (Å²) in [5.41, 5.74) is 11.4. The highest BCUT2D eigenvalue weighted by Crippen LogP contribution is 2.40. The Morgan fingerprint density at radius 2 is 0.917 bits per heavy atom. The summed E-state index contributed by atoms with van der Waals surface area (Å²) in [6, 6.07) is 59.0. The maximum atomic E-state index is 10.4. The largest absolute Gasteiger partial charge is 0.309 e. The van der Waals surface area contributed by atoms with Gasteiger partial charge in [0, 0.05) is 32.8 Å². The van der Waals surface area contributed by atoms with E-state index in [9.17, 15) is 10.5 Å². The first kappa shape index (κ1) is 27.4. The van der Waals surface area contributed by atoms with Crippen LogP contribution in [0, 0.1) is 22.7 Å². The Hall–Kier alpha value is -6.88. The number of fused-ring (bicyclic) bond motifs is 6. The molecule has 7 aromatic carbocycles. The maximum Gasteiger partial charge on any atom is 0.101 e. The average molecular weight is 611 g/mol. The first-order valence-corrected chi connectivity index (χ1v) is 15.9. The molecule has 0 aliphatic carbocycles. The van der Waals surface area contributed by atoms with E-state index >= 15 is 0 Å². The van der Waals surface area contributed by atoms with E-state index in [4.69, 9.17) is 0 Å². The zero-order valence-electron chi connectivity index (χ0n) is 25.8. The van der Waals surface area contributed by atoms with Crippen molar-refractivity contribution in [3.05, 3.63) is 169 Å². The molecule has 2 heterocycles. The van der Waals surface area contributed by atoms with Gasteiger partial charge in [-0.25, -0.2) is 0 Å². The molecule has 0 N–H and O–H groups in total. The number of nitrogens with zero attached hydrogens (tertiary/aromatic N) is 4. The Morgan fingerprint density at radius 3 is 1.62 bits per heavy atom. The Morgan fingerprint density at radius 1 is 0.396 bits per heavy atom. The fourth-order valence-corrected chi connectivity index (χ4v) is 7.35. The molecule has 0 radical (unpaired) electrons. The third kappa shape index (κ3) is 4.07. The molecule has 2 aromatic heterocycles. The van der Waals surface area contributed by atoms with Crippen molar-refractivity contribution in [3.8, 4) is 45.8 Å². The minimum atomic E-state index is 0.566. The predicted molar refractivity (Wildman–Crippen MR) is 195 cm³/mol. The van der Waals surface area contributed by atoms with Crippen LogP contribution in [0.3, 0.4) is 0 Å². The number of aromatic nitrogens is 2. The first-order chi connectivity index (χ1) is 23.7. The van der Waals surface area contributed by atoms with E-state index in [2.05, 4.69) is 137 Å². The standard InChI is InChI=1S/C44H26N4/c45-27-32-14-10-24-42-43(32)38-19-3-6-23-41(38)48(42)44-33(28-46)15-9-20-35(44)31-13-7-11-29(25-31)30-12-8-16-34(26-30)47-39-21-4-1-17-36(39)37-18-2-5-22-40(37)47/h1-26H. The molecule has 4 heteroatoms. The summed E-state index contributed by atoms with van der Waals surface area (Å²) >= 11 is 0. The van der Waals surface area contributed by atoms with Crippen molar-refractivity contribution in [2.24, 2.45) is 0 Å². The molecule has 0 fully saturated rings. The zero-order chi connectivity index (χ0) is 32.2. The fourth-order valence-electron chi connectivity index (χ4n) is 7.35. The lowest BCUT2D eigenvalue weighted by Gasteiger charge is -2.17. The number of hydrogen-bond acceptors (Lipinski definition) is 2. The van der Waals surface area contributed by atoms with Gasteiger partial charge in [-0.3, -0.25) is 0 Å². The minimum Gasteiger partial charge on any atom is -0.309 e. The predicted octanol–water partition coefficient (Wildman–Crippen LogP) is 11.0. The number of rotatable bonds is 4. The van der Waals surface area contributed by atoms with Gasteiger partial charge in [0.05, 0.1) is 45.0 Å². The fraction of sp³-hybridized carbons (Fsp3) is 0. The molecule has 222 valence electrons. The van der Waals surface area contributed by atoms with Gasteiger partial charge in [-0.2, -0.15) is 10.5 Å². The molecule has 0 amide bonds. The van der Waals surface area contributed by atoms with Gasteiger partial charge in [0.25, 0.3) is 0 Å². The second-order valence-electron chi connectivity index (χ2n) is 12.0. The van der Waals surface area contributed by atoms with Crippen molar-refractivity contribution in [2.75, 3.05) is 0 Å². The van der Waals surface area contributed by atoms with E-state index in [1.807, 2.05) is 42.5 Å². The van der Waals surface area contributed by atoms with Crippen molar-refractivity contribution in [1.82, 2.24) is 9.13 Å². The summed E-state index contributed by atoms with van der Waals surface area (Å²) in [5.74, 6) is 0. The van der Waals surface area contributed by atoms with Crippen LogP contribution in [0.2, 0.25) is 0 Å². The van der Waals surface area contributed by atoms with Gasteiger partial charge in [0.15, 0.2) is 0 Å². The summed E-state index contributed by atoms with van der Waals surface area (Å²) in [4.78, 5) is 0. The third-order valence-corrected chi connectivity index (χ3v) is 9.39. The van der Waals surface area contributed by atoms with Crippen molar-refractivity contribution in [1.29, 1.82) is 10.5 Å². The van der Waals surface area contributed by atoms with Crippen LogP contribution in [0.5, 0.6) is 0 Å². The van der Waals surface area contributed by atoms with Gasteiger partial charge in [0.2, 0.25) is 0 Å². The Bertz CT molecular complexity index is 2760. The highest BCUT2D eigenvalue weighted by Gasteiger charge is 2.20. The van der Waals surface area contributed by atoms with Crippen molar-refractivity contribution >= 4 is 43.6 Å². The zero-order valence-corrected chi connectivity index (χ0v) is 25.8. The van der Waals surface area contributed by atoms with E-state index < -0.39 is 0 Å². The van der Waals surface area contributed by atoms with Crippen LogP contribution in [0.15, 0.2) is 158 Å². The van der Waals surface area contributed by atoms with E-state index in [1.54, 1.807) is 0 Å². The molecule has 0 spiro atoms. The van der Waals surface area contributed by atoms with Crippen molar-refractivity contribution < 1.29 is 0 Å². The number of nitriles is 2. The second-order valence-corrected chi connectivity index (χ2v) is 12.0. The molecule has 0 saturated carbocycles. The SMILES string of the molecule is N#Cc1cccc(-c2cccc(-c3cccc(-n4c5ccccc5c5ccccc54)c3)c2)c1-n1c2ccccc2c2c(C#N)cccc21. The summed E-state index contributed by atoms with van der Waals surface area (Å²) in [6.07, 6.45) is 0. The van der Waals surface area contributed by atoms with Crippen LogP contribution in [-0.4, -0.2) is 9.13 Å². The molecule has 0 bridgehead atoms. The van der Waals surface area contributed by atoms with Crippen molar-refractivity contribution in [3.63, 3.8) is 0 Å². The van der Waals surface area contributed by atoms with Gasteiger partial charge in [-0.1, -0.05) is 103 Å². The third-order valence-electron chi connectivity index (χ3n) is 9.39. The van der Waals surface area contributed by atoms with Crippen LogP contribution in [0.25, 0.3) is 77.2 Å². The van der Waals surface area contributed by atoms with Crippen molar-refractivity contribution in [2.45, 2.75) is 0 Å². The lowest BCUT2D eigenvalue weighted by Crippen LogP contribution is -2.01. The molecule has 48 heavy (non-hydrogen) atoms. The lowest BCUT2D eigenvalue weighted by molar-refractivity contribution is 1.17. The first-order valence-electron chi connectivity index (χ1n) is 15.9. The topological polar surface area (TPSA) is 57.4 Å². The molecule has 0 aliphatic rings. The van der Waals surface area contributed by atoms with Gasteiger partial charge in [-0.15, -0.1) is 0 Å². The summed E-state index contributed by atoms with van der Waals surface area (Å²) in [6.45, 7) is 0. The smallest absolute Gasteiger partial charge is 0.101 e. The summed E-state index contributed by atoms with van der Waals surface area (Å²) in [5, 5.41) is 24.8. The highest BCUT2D eigenvalue weighted by atomic mass is 15.0. The van der Waals surface area contributed by atoms with E-state index in [-0.39, 0.29) is 0 Å². The molecule has 0 saturated heterocycles. The average Bonchev–Trinajstić information content (AvgIpc) is 3.67. The number of para-hydroxylation sites is 4. The quantitative estimate of drug-likeness (QED) is 0.199. The van der Waals surface area contributed by atoms with Crippen LogP contribution >= 0.6 is 0 Å². The van der Waals surface area contributed by atoms with Gasteiger partial charge >= 0.3 is 0 Å². The maximum absolute atomic E-state index is 10.4. The summed E-state index contributed by atoms with van der Waals surface area (Å²) < 4.78 is 4.49. The van der Waals surface area contributed by atoms with E-state index in [0.717, 1.165) is 55.4 Å². The Labute approximate surface area is 277 Å². The highest BCUT2D eigenvalue weighted by molar-refractivity contribution is 6.12. The molecule has 0 aliphatic heterocycles. The van der Waals surface area contributed by atoms with Crippen LogP contribution < -0.4 is 0 Å². The molecule has 9 rings (SSSR count). The molecule has 0 atom stereocenters. The lowest BCUT2D eigenvalue weighted by atomic mass is 9.96. The van der Waals surface area contributed by atoms with Crippen LogP contribution in [0.4, 0.5) is 0 Å². The summed E-state index contributed by atoms with van der Waals surface area (Å²) in [7, 11) is 0. The molecule has 9 aromatic rings. The van der Waals surface area contributed by atoms with Gasteiger partial charge < -0.3 is 9.13 Å². The normalized spacial score (nSPS) is 11.3. The molecule has 0 unspecified atom stereocenters. The monoisotopic (exact) mass is 610 g/mol. The molecular weight excluding hydrogens is 585 g/mol.